The van der Waals surface area contributed by atoms with Gasteiger partial charge in [-0.1, -0.05) is 24.3 Å². The molecule has 0 unspecified atom stereocenters. The number of nitrogens with zero attached hydrogens (tertiary/aromatic N) is 1. The largest absolute Gasteiger partial charge is 0.493 e. The van der Waals surface area contributed by atoms with Gasteiger partial charge in [0.25, 0.3) is 5.91 Å². The van der Waals surface area contributed by atoms with Crippen molar-refractivity contribution in [1.82, 2.24) is 5.43 Å². The van der Waals surface area contributed by atoms with Gasteiger partial charge in [0.2, 0.25) is 0 Å². The molecule has 27 heavy (non-hydrogen) atoms. The van der Waals surface area contributed by atoms with E-state index in [1.807, 2.05) is 6.07 Å². The smallest absolute Gasteiger partial charge is 0.321 e. The molecule has 1 N–H and O–H groups in total. The second kappa shape index (κ2) is 10.8. The van der Waals surface area contributed by atoms with E-state index in [9.17, 15) is 9.59 Å². The number of esters is 1. The molecule has 0 fully saturated rings. The minimum Gasteiger partial charge on any atom is -0.493 e. The van der Waals surface area contributed by atoms with Gasteiger partial charge in [0, 0.05) is 11.3 Å². The zero-order valence-electron chi connectivity index (χ0n) is 14.9. The summed E-state index contributed by atoms with van der Waals surface area (Å²) in [5.74, 6) is 0.959. The normalized spacial score (nSPS) is 10.4. The minimum absolute atomic E-state index is 0.226. The van der Waals surface area contributed by atoms with Crippen molar-refractivity contribution in [3.05, 3.63) is 72.3 Å². The Morgan fingerprint density at radius 3 is 2.67 bits per heavy atom. The third kappa shape index (κ3) is 6.63. The van der Waals surface area contributed by atoms with Gasteiger partial charge >= 0.3 is 5.97 Å². The number of carbonyl (C=O) groups excluding carboxylic acids is 2. The van der Waals surface area contributed by atoms with Crippen molar-refractivity contribution in [1.29, 1.82) is 0 Å². The highest BCUT2D eigenvalue weighted by Gasteiger charge is 2.10. The average molecular weight is 384 g/mol. The Morgan fingerprint density at radius 2 is 1.96 bits per heavy atom. The Balaban J connectivity index is 1.97. The molecule has 0 radical (unpaired) electrons. The first-order valence-electron chi connectivity index (χ1n) is 8.10. The van der Waals surface area contributed by atoms with Crippen LogP contribution in [0.4, 0.5) is 0 Å². The van der Waals surface area contributed by atoms with Crippen LogP contribution in [0.2, 0.25) is 0 Å². The molecule has 140 valence electrons. The summed E-state index contributed by atoms with van der Waals surface area (Å²) in [6.07, 6.45) is 3.21. The highest BCUT2D eigenvalue weighted by molar-refractivity contribution is 8.00. The van der Waals surface area contributed by atoms with Crippen LogP contribution >= 0.6 is 11.8 Å². The molecule has 0 saturated carbocycles. The molecule has 2 rings (SSSR count). The molecule has 0 aliphatic heterocycles. The van der Waals surface area contributed by atoms with Gasteiger partial charge in [0.15, 0.2) is 11.5 Å². The molecule has 0 spiro atoms. The molecule has 0 heterocycles. The summed E-state index contributed by atoms with van der Waals surface area (Å²) in [7, 11) is 1.48. The van der Waals surface area contributed by atoms with E-state index in [4.69, 9.17) is 9.47 Å². The lowest BCUT2D eigenvalue weighted by Gasteiger charge is -2.09. The van der Waals surface area contributed by atoms with E-state index in [1.165, 1.54) is 25.1 Å². The third-order valence-corrected chi connectivity index (χ3v) is 4.19. The zero-order valence-corrected chi connectivity index (χ0v) is 15.7. The van der Waals surface area contributed by atoms with Gasteiger partial charge in [0.05, 0.1) is 19.1 Å². The Morgan fingerprint density at radius 1 is 1.19 bits per heavy atom. The highest BCUT2D eigenvalue weighted by Crippen LogP contribution is 2.28. The predicted octanol–water partition coefficient (Wildman–Crippen LogP) is 3.28. The van der Waals surface area contributed by atoms with Crippen molar-refractivity contribution < 1.29 is 19.1 Å². The van der Waals surface area contributed by atoms with E-state index >= 15 is 0 Å². The summed E-state index contributed by atoms with van der Waals surface area (Å²) in [6, 6.07) is 13.8. The van der Waals surface area contributed by atoms with E-state index in [1.54, 1.807) is 48.5 Å². The van der Waals surface area contributed by atoms with E-state index in [2.05, 4.69) is 17.1 Å². The van der Waals surface area contributed by atoms with Crippen LogP contribution in [-0.4, -0.2) is 36.7 Å². The SMILES string of the molecule is C=CCSCC(=O)Oc1ccc(/C=N/NC(=O)c2ccccc2)cc1OC. The second-order valence-corrected chi connectivity index (χ2v) is 6.28. The van der Waals surface area contributed by atoms with Crippen LogP contribution in [0, 0.1) is 0 Å². The monoisotopic (exact) mass is 384 g/mol. The molecule has 6 nitrogen and oxygen atoms in total. The van der Waals surface area contributed by atoms with Gasteiger partial charge in [-0.25, -0.2) is 5.43 Å². The number of methoxy groups -OCH3 is 1. The van der Waals surface area contributed by atoms with Crippen LogP contribution in [0.1, 0.15) is 15.9 Å². The van der Waals surface area contributed by atoms with Gasteiger partial charge < -0.3 is 9.47 Å². The number of nitrogens with one attached hydrogen (secondary N) is 1. The Bertz CT molecular complexity index is 822. The van der Waals surface area contributed by atoms with Gasteiger partial charge in [-0.15, -0.1) is 18.3 Å². The van der Waals surface area contributed by atoms with Gasteiger partial charge in [-0.05, 0) is 35.9 Å². The van der Waals surface area contributed by atoms with Crippen molar-refractivity contribution in [3.63, 3.8) is 0 Å². The zero-order chi connectivity index (χ0) is 19.5. The highest BCUT2D eigenvalue weighted by atomic mass is 32.2. The first-order valence-corrected chi connectivity index (χ1v) is 9.25. The number of hydrazone groups is 1. The molecule has 0 aliphatic carbocycles. The summed E-state index contributed by atoms with van der Waals surface area (Å²) in [5.41, 5.74) is 3.65. The maximum atomic E-state index is 11.9. The van der Waals surface area contributed by atoms with Gasteiger partial charge in [0.1, 0.15) is 0 Å². The fraction of sp³-hybridized carbons (Fsp3) is 0.150. The van der Waals surface area contributed by atoms with Crippen molar-refractivity contribution in [2.45, 2.75) is 0 Å². The van der Waals surface area contributed by atoms with E-state index in [0.717, 1.165) is 0 Å². The lowest BCUT2D eigenvalue weighted by Crippen LogP contribution is -2.17. The molecule has 0 aliphatic rings. The summed E-state index contributed by atoms with van der Waals surface area (Å²) in [5, 5.41) is 3.93. The Hall–Kier alpha value is -3.06. The number of benzene rings is 2. The quantitative estimate of drug-likeness (QED) is 0.179. The molecular formula is C20H20N2O4S. The fourth-order valence-electron chi connectivity index (χ4n) is 2.05. The molecule has 1 amide bonds. The van der Waals surface area contributed by atoms with Crippen LogP contribution in [0.5, 0.6) is 11.5 Å². The van der Waals surface area contributed by atoms with Crippen molar-refractivity contribution in [2.75, 3.05) is 18.6 Å². The number of rotatable bonds is 9. The van der Waals surface area contributed by atoms with Crippen LogP contribution in [0.25, 0.3) is 0 Å². The van der Waals surface area contributed by atoms with Gasteiger partial charge in [-0.3, -0.25) is 9.59 Å². The van der Waals surface area contributed by atoms with Crippen molar-refractivity contribution in [3.8, 4) is 11.5 Å². The summed E-state index contributed by atoms with van der Waals surface area (Å²) in [4.78, 5) is 23.7. The molecule has 7 heteroatoms. The summed E-state index contributed by atoms with van der Waals surface area (Å²) < 4.78 is 10.6. The topological polar surface area (TPSA) is 77.0 Å². The Labute approximate surface area is 162 Å². The van der Waals surface area contributed by atoms with Crippen LogP contribution in [0.15, 0.2) is 66.3 Å². The van der Waals surface area contributed by atoms with E-state index < -0.39 is 0 Å². The van der Waals surface area contributed by atoms with Crippen LogP contribution < -0.4 is 14.9 Å². The number of hydrogen-bond donors (Lipinski definition) is 1. The standard InChI is InChI=1S/C20H20N2O4S/c1-3-11-27-14-19(23)26-17-10-9-15(12-18(17)25-2)13-21-22-20(24)16-7-5-4-6-8-16/h3-10,12-13H,1,11,14H2,2H3,(H,22,24)/b21-13+. The number of ether oxygens (including phenoxy) is 2. The Kier molecular flexibility index (Phi) is 8.12. The molecular weight excluding hydrogens is 364 g/mol. The average Bonchev–Trinajstić information content (AvgIpc) is 2.69. The maximum absolute atomic E-state index is 11.9. The molecule has 2 aromatic rings. The van der Waals surface area contributed by atoms with Crippen LogP contribution in [-0.2, 0) is 4.79 Å². The number of thioether (sulfide) groups is 1. The van der Waals surface area contributed by atoms with Crippen LogP contribution in [0.3, 0.4) is 0 Å². The summed E-state index contributed by atoms with van der Waals surface area (Å²) >= 11 is 1.41. The first-order chi connectivity index (χ1) is 13.1. The van der Waals surface area contributed by atoms with Crippen molar-refractivity contribution in [2.24, 2.45) is 5.10 Å². The molecule has 0 saturated heterocycles. The predicted molar refractivity (Wildman–Crippen MR) is 108 cm³/mol. The van der Waals surface area contributed by atoms with E-state index in [0.29, 0.717) is 28.4 Å². The molecule has 2 aromatic carbocycles. The summed E-state index contributed by atoms with van der Waals surface area (Å²) in [6.45, 7) is 3.60. The molecule has 0 bridgehead atoms. The lowest BCUT2D eigenvalue weighted by atomic mass is 10.2. The maximum Gasteiger partial charge on any atom is 0.321 e. The van der Waals surface area contributed by atoms with Gasteiger partial charge in [-0.2, -0.15) is 5.10 Å². The number of amides is 1. The number of carbonyl (C=O) groups is 2. The molecule has 0 aromatic heterocycles. The molecule has 0 atom stereocenters. The first kappa shape index (κ1) is 20.3. The number of hydrogen-bond acceptors (Lipinski definition) is 6. The lowest BCUT2D eigenvalue weighted by molar-refractivity contribution is -0.131. The second-order valence-electron chi connectivity index (χ2n) is 5.25. The fourth-order valence-corrected chi connectivity index (χ4v) is 2.56. The third-order valence-electron chi connectivity index (χ3n) is 3.28. The minimum atomic E-state index is -0.364. The van der Waals surface area contributed by atoms with Crippen molar-refractivity contribution >= 4 is 29.9 Å². The van der Waals surface area contributed by atoms with E-state index in [-0.39, 0.29) is 17.6 Å².